The van der Waals surface area contributed by atoms with Crippen molar-refractivity contribution in [3.63, 3.8) is 0 Å². The Labute approximate surface area is 136 Å². The third-order valence-corrected chi connectivity index (χ3v) is 4.56. The molecule has 3 N–H and O–H groups in total. The van der Waals surface area contributed by atoms with E-state index in [1.54, 1.807) is 11.8 Å². The molecule has 22 heavy (non-hydrogen) atoms. The van der Waals surface area contributed by atoms with E-state index in [1.807, 2.05) is 18.2 Å². The van der Waals surface area contributed by atoms with Crippen molar-refractivity contribution < 1.29 is 9.59 Å². The molecule has 0 spiro atoms. The van der Waals surface area contributed by atoms with Gasteiger partial charge >= 0.3 is 0 Å². The Hall–Kier alpha value is -1.59. The predicted octanol–water partition coefficient (Wildman–Crippen LogP) is 2.23. The Kier molecular flexibility index (Phi) is 4.78. The van der Waals surface area contributed by atoms with Gasteiger partial charge in [-0.25, -0.2) is 0 Å². The standard InChI is InChI=1S/C16H21N3O2.ClH/c1-11(20)19-9-6-12-10-13(4-5-14(12)19)18-15(21)16(17)7-2-3-8-16;/h4-5,10H,2-3,6-9,17H2,1H3,(H,18,21);1H. The monoisotopic (exact) mass is 323 g/mol. The SMILES string of the molecule is CC(=O)N1CCc2cc(NC(=O)C3(N)CCCC3)ccc21.Cl. The average molecular weight is 324 g/mol. The van der Waals surface area contributed by atoms with Crippen LogP contribution >= 0.6 is 12.4 Å². The molecule has 6 heteroatoms. The number of halogens is 1. The Morgan fingerprint density at radius 1 is 1.27 bits per heavy atom. The molecule has 120 valence electrons. The second-order valence-corrected chi connectivity index (χ2v) is 6.08. The molecule has 0 radical (unpaired) electrons. The normalized spacial score (nSPS) is 18.5. The number of anilines is 2. The van der Waals surface area contributed by atoms with Crippen LogP contribution in [0.5, 0.6) is 0 Å². The third kappa shape index (κ3) is 2.96. The number of amides is 2. The zero-order chi connectivity index (χ0) is 15.0. The van der Waals surface area contributed by atoms with Crippen molar-refractivity contribution in [3.05, 3.63) is 23.8 Å². The molecule has 3 rings (SSSR count). The Bertz CT molecular complexity index is 597. The van der Waals surface area contributed by atoms with E-state index in [9.17, 15) is 9.59 Å². The molecule has 1 fully saturated rings. The van der Waals surface area contributed by atoms with E-state index < -0.39 is 5.54 Å². The molecule has 0 unspecified atom stereocenters. The molecule has 0 bridgehead atoms. The summed E-state index contributed by atoms with van der Waals surface area (Å²) in [5.74, 6) is -0.0428. The molecule has 2 amide bonds. The topological polar surface area (TPSA) is 75.4 Å². The fraction of sp³-hybridized carbons (Fsp3) is 0.500. The first-order valence-corrected chi connectivity index (χ1v) is 7.51. The van der Waals surface area contributed by atoms with Crippen molar-refractivity contribution in [1.82, 2.24) is 0 Å². The van der Waals surface area contributed by atoms with Crippen molar-refractivity contribution in [2.24, 2.45) is 5.73 Å². The van der Waals surface area contributed by atoms with Crippen molar-refractivity contribution in [2.75, 3.05) is 16.8 Å². The van der Waals surface area contributed by atoms with E-state index in [4.69, 9.17) is 5.73 Å². The van der Waals surface area contributed by atoms with Crippen LogP contribution in [0.3, 0.4) is 0 Å². The van der Waals surface area contributed by atoms with Crippen molar-refractivity contribution >= 4 is 35.6 Å². The van der Waals surface area contributed by atoms with Crippen LogP contribution in [-0.2, 0) is 16.0 Å². The molecule has 1 aliphatic carbocycles. The summed E-state index contributed by atoms with van der Waals surface area (Å²) in [7, 11) is 0. The summed E-state index contributed by atoms with van der Waals surface area (Å²) in [5.41, 5.74) is 8.25. The third-order valence-electron chi connectivity index (χ3n) is 4.56. The first-order chi connectivity index (χ1) is 9.99. The van der Waals surface area contributed by atoms with Crippen LogP contribution in [0, 0.1) is 0 Å². The summed E-state index contributed by atoms with van der Waals surface area (Å²) >= 11 is 0. The number of carbonyl (C=O) groups is 2. The van der Waals surface area contributed by atoms with Crippen LogP contribution in [0.4, 0.5) is 11.4 Å². The van der Waals surface area contributed by atoms with Gasteiger partial charge < -0.3 is 16.0 Å². The van der Waals surface area contributed by atoms with Gasteiger partial charge in [0.2, 0.25) is 11.8 Å². The molecule has 1 heterocycles. The lowest BCUT2D eigenvalue weighted by atomic mass is 9.98. The van der Waals surface area contributed by atoms with E-state index in [-0.39, 0.29) is 24.2 Å². The van der Waals surface area contributed by atoms with E-state index in [0.29, 0.717) is 6.54 Å². The minimum atomic E-state index is -0.718. The smallest absolute Gasteiger partial charge is 0.244 e. The van der Waals surface area contributed by atoms with E-state index >= 15 is 0 Å². The van der Waals surface area contributed by atoms with Crippen LogP contribution < -0.4 is 16.0 Å². The number of carbonyl (C=O) groups excluding carboxylic acids is 2. The zero-order valence-corrected chi connectivity index (χ0v) is 13.5. The van der Waals surface area contributed by atoms with Crippen molar-refractivity contribution in [3.8, 4) is 0 Å². The second kappa shape index (κ2) is 6.26. The van der Waals surface area contributed by atoms with Gasteiger partial charge in [0.05, 0.1) is 5.54 Å². The van der Waals surface area contributed by atoms with Crippen molar-refractivity contribution in [1.29, 1.82) is 0 Å². The number of benzene rings is 1. The second-order valence-electron chi connectivity index (χ2n) is 6.08. The highest BCUT2D eigenvalue weighted by Gasteiger charge is 2.37. The minimum absolute atomic E-state index is 0. The summed E-state index contributed by atoms with van der Waals surface area (Å²) in [6.45, 7) is 2.28. The average Bonchev–Trinajstić information content (AvgIpc) is 3.05. The van der Waals surface area contributed by atoms with Gasteiger partial charge in [0.15, 0.2) is 0 Å². The van der Waals surface area contributed by atoms with Crippen LogP contribution in [0.2, 0.25) is 0 Å². The molecular weight excluding hydrogens is 302 g/mol. The van der Waals surface area contributed by atoms with Crippen molar-refractivity contribution in [2.45, 2.75) is 44.6 Å². The number of rotatable bonds is 2. The Balaban J connectivity index is 0.00000176. The number of hydrogen-bond acceptors (Lipinski definition) is 3. The highest BCUT2D eigenvalue weighted by molar-refractivity contribution is 5.99. The molecular formula is C16H22ClN3O2. The van der Waals surface area contributed by atoms with Crippen LogP contribution in [0.15, 0.2) is 18.2 Å². The summed E-state index contributed by atoms with van der Waals surface area (Å²) in [5, 5.41) is 2.93. The van der Waals surface area contributed by atoms with Gasteiger partial charge in [0.1, 0.15) is 0 Å². The Morgan fingerprint density at radius 2 is 1.95 bits per heavy atom. The van der Waals surface area contributed by atoms with Crippen LogP contribution in [0.25, 0.3) is 0 Å². The van der Waals surface area contributed by atoms with E-state index in [0.717, 1.165) is 49.0 Å². The van der Waals surface area contributed by atoms with E-state index in [1.165, 1.54) is 0 Å². The summed E-state index contributed by atoms with van der Waals surface area (Å²) in [6.07, 6.45) is 4.36. The Morgan fingerprint density at radius 3 is 2.59 bits per heavy atom. The molecule has 1 aromatic carbocycles. The molecule has 1 aliphatic heterocycles. The lowest BCUT2D eigenvalue weighted by Crippen LogP contribution is -2.48. The number of nitrogens with zero attached hydrogens (tertiary/aromatic N) is 1. The fourth-order valence-corrected chi connectivity index (χ4v) is 3.30. The van der Waals surface area contributed by atoms with Gasteiger partial charge in [0.25, 0.3) is 0 Å². The first-order valence-electron chi connectivity index (χ1n) is 7.51. The lowest BCUT2D eigenvalue weighted by Gasteiger charge is -2.22. The predicted molar refractivity (Wildman–Crippen MR) is 89.4 cm³/mol. The highest BCUT2D eigenvalue weighted by atomic mass is 35.5. The molecule has 0 atom stereocenters. The van der Waals surface area contributed by atoms with Gasteiger partial charge in [-0.3, -0.25) is 9.59 Å². The van der Waals surface area contributed by atoms with E-state index in [2.05, 4.69) is 5.32 Å². The summed E-state index contributed by atoms with van der Waals surface area (Å²) < 4.78 is 0. The van der Waals surface area contributed by atoms with Gasteiger partial charge in [0, 0.05) is 24.8 Å². The molecule has 0 saturated heterocycles. The van der Waals surface area contributed by atoms with Gasteiger partial charge in [-0.2, -0.15) is 0 Å². The van der Waals surface area contributed by atoms with Crippen LogP contribution in [0.1, 0.15) is 38.2 Å². The number of nitrogens with two attached hydrogens (primary N) is 1. The minimum Gasteiger partial charge on any atom is -0.324 e. The van der Waals surface area contributed by atoms with Crippen LogP contribution in [-0.4, -0.2) is 23.9 Å². The molecule has 2 aliphatic rings. The zero-order valence-electron chi connectivity index (χ0n) is 12.7. The molecule has 0 aromatic heterocycles. The first kappa shape index (κ1) is 16.8. The number of fused-ring (bicyclic) bond motifs is 1. The highest BCUT2D eigenvalue weighted by Crippen LogP contribution is 2.32. The maximum atomic E-state index is 12.3. The van der Waals surface area contributed by atoms with Gasteiger partial charge in [-0.1, -0.05) is 12.8 Å². The molecule has 1 aromatic rings. The number of hydrogen-bond donors (Lipinski definition) is 2. The van der Waals surface area contributed by atoms with Gasteiger partial charge in [-0.05, 0) is 43.0 Å². The molecule has 5 nitrogen and oxygen atoms in total. The molecule has 1 saturated carbocycles. The largest absolute Gasteiger partial charge is 0.324 e. The number of nitrogens with one attached hydrogen (secondary N) is 1. The summed E-state index contributed by atoms with van der Waals surface area (Å²) in [6, 6.07) is 5.70. The van der Waals surface area contributed by atoms with Gasteiger partial charge in [-0.15, -0.1) is 12.4 Å². The maximum Gasteiger partial charge on any atom is 0.244 e. The maximum absolute atomic E-state index is 12.3. The fourth-order valence-electron chi connectivity index (χ4n) is 3.30. The quantitative estimate of drug-likeness (QED) is 0.876. The lowest BCUT2D eigenvalue weighted by molar-refractivity contribution is -0.121. The summed E-state index contributed by atoms with van der Waals surface area (Å²) in [4.78, 5) is 25.6.